The number of nitrogens with one attached hydrogen (secondary N) is 1. The number of rotatable bonds is 3. The van der Waals surface area contributed by atoms with E-state index < -0.39 is 0 Å². The van der Waals surface area contributed by atoms with Crippen molar-refractivity contribution in [2.75, 3.05) is 6.54 Å². The molecule has 17 heavy (non-hydrogen) atoms. The van der Waals surface area contributed by atoms with Crippen LogP contribution in [-0.2, 0) is 6.42 Å². The lowest BCUT2D eigenvalue weighted by Gasteiger charge is -2.15. The Morgan fingerprint density at radius 3 is 2.82 bits per heavy atom. The highest BCUT2D eigenvalue weighted by Crippen LogP contribution is 2.16. The molecular formula is C16H25N. The predicted octanol–water partition coefficient (Wildman–Crippen LogP) is 3.77. The summed E-state index contributed by atoms with van der Waals surface area (Å²) in [7, 11) is 0. The summed E-state index contributed by atoms with van der Waals surface area (Å²) in [6.07, 6.45) is 8.06. The summed E-state index contributed by atoms with van der Waals surface area (Å²) in [5, 5.41) is 3.68. The van der Waals surface area contributed by atoms with Gasteiger partial charge in [-0.1, -0.05) is 31.0 Å². The predicted molar refractivity (Wildman–Crippen MR) is 74.5 cm³/mol. The van der Waals surface area contributed by atoms with Crippen molar-refractivity contribution in [3.63, 3.8) is 0 Å². The summed E-state index contributed by atoms with van der Waals surface area (Å²) in [6, 6.07) is 7.65. The molecule has 1 aromatic carbocycles. The van der Waals surface area contributed by atoms with Crippen molar-refractivity contribution in [2.24, 2.45) is 0 Å². The highest BCUT2D eigenvalue weighted by Gasteiger charge is 2.11. The van der Waals surface area contributed by atoms with Crippen LogP contribution in [0.25, 0.3) is 0 Å². The topological polar surface area (TPSA) is 12.0 Å². The van der Waals surface area contributed by atoms with E-state index in [-0.39, 0.29) is 0 Å². The largest absolute Gasteiger partial charge is 0.314 e. The van der Waals surface area contributed by atoms with Gasteiger partial charge in [-0.3, -0.25) is 0 Å². The molecule has 1 fully saturated rings. The van der Waals surface area contributed by atoms with E-state index in [1.54, 1.807) is 0 Å². The quantitative estimate of drug-likeness (QED) is 0.835. The number of benzene rings is 1. The van der Waals surface area contributed by atoms with Gasteiger partial charge in [-0.25, -0.2) is 0 Å². The molecule has 1 N–H and O–H groups in total. The van der Waals surface area contributed by atoms with Crippen molar-refractivity contribution >= 4 is 0 Å². The SMILES string of the molecule is Cc1ccc(CCC2CCCCCN2)cc1C. The summed E-state index contributed by atoms with van der Waals surface area (Å²) in [5.41, 5.74) is 4.33. The van der Waals surface area contributed by atoms with Crippen LogP contribution in [-0.4, -0.2) is 12.6 Å². The van der Waals surface area contributed by atoms with Gasteiger partial charge < -0.3 is 5.32 Å². The molecule has 1 heteroatoms. The Morgan fingerprint density at radius 1 is 1.12 bits per heavy atom. The molecule has 1 nitrogen and oxygen atoms in total. The summed E-state index contributed by atoms with van der Waals surface area (Å²) in [5.74, 6) is 0. The average Bonchev–Trinajstić information content (AvgIpc) is 2.59. The maximum atomic E-state index is 3.68. The van der Waals surface area contributed by atoms with E-state index in [2.05, 4.69) is 37.4 Å². The standard InChI is InChI=1S/C16H25N/c1-13-7-8-15(12-14(13)2)9-10-16-6-4-3-5-11-17-16/h7-8,12,16-17H,3-6,9-11H2,1-2H3. The van der Waals surface area contributed by atoms with Crippen molar-refractivity contribution in [3.8, 4) is 0 Å². The fourth-order valence-corrected chi connectivity index (χ4v) is 2.65. The first-order valence-corrected chi connectivity index (χ1v) is 7.05. The number of hydrogen-bond donors (Lipinski definition) is 1. The summed E-state index contributed by atoms with van der Waals surface area (Å²) in [4.78, 5) is 0. The molecule has 0 aromatic heterocycles. The number of aryl methyl sites for hydroxylation is 3. The Labute approximate surface area is 106 Å². The van der Waals surface area contributed by atoms with E-state index in [1.165, 1.54) is 61.8 Å². The van der Waals surface area contributed by atoms with Crippen LogP contribution in [0.2, 0.25) is 0 Å². The molecule has 0 amide bonds. The van der Waals surface area contributed by atoms with Crippen molar-refractivity contribution < 1.29 is 0 Å². The molecule has 1 aliphatic heterocycles. The summed E-state index contributed by atoms with van der Waals surface area (Å²) in [6.45, 7) is 5.62. The third kappa shape index (κ3) is 3.85. The van der Waals surface area contributed by atoms with Crippen molar-refractivity contribution in [2.45, 2.75) is 58.4 Å². The molecule has 0 radical (unpaired) electrons. The van der Waals surface area contributed by atoms with E-state index in [9.17, 15) is 0 Å². The molecule has 0 bridgehead atoms. The van der Waals surface area contributed by atoms with Crippen LogP contribution in [0, 0.1) is 13.8 Å². The van der Waals surface area contributed by atoms with Gasteiger partial charge in [0.15, 0.2) is 0 Å². The fraction of sp³-hybridized carbons (Fsp3) is 0.625. The lowest BCUT2D eigenvalue weighted by atomic mass is 9.99. The lowest BCUT2D eigenvalue weighted by molar-refractivity contribution is 0.478. The molecule has 1 unspecified atom stereocenters. The first-order valence-electron chi connectivity index (χ1n) is 7.05. The van der Waals surface area contributed by atoms with Crippen LogP contribution >= 0.6 is 0 Å². The van der Waals surface area contributed by atoms with Crippen LogP contribution in [0.5, 0.6) is 0 Å². The maximum absolute atomic E-state index is 3.68. The molecule has 1 aliphatic rings. The molecule has 0 saturated carbocycles. The normalized spacial score (nSPS) is 21.2. The molecule has 94 valence electrons. The zero-order chi connectivity index (χ0) is 12.1. The highest BCUT2D eigenvalue weighted by molar-refractivity contribution is 5.29. The third-order valence-electron chi connectivity index (χ3n) is 4.02. The zero-order valence-electron chi connectivity index (χ0n) is 11.3. The molecule has 1 aromatic rings. The Hall–Kier alpha value is -0.820. The Balaban J connectivity index is 1.85. The maximum Gasteiger partial charge on any atom is 0.00702 e. The van der Waals surface area contributed by atoms with Crippen LogP contribution in [0.3, 0.4) is 0 Å². The van der Waals surface area contributed by atoms with E-state index in [4.69, 9.17) is 0 Å². The first-order chi connectivity index (χ1) is 8.25. The van der Waals surface area contributed by atoms with Crippen LogP contribution in [0.15, 0.2) is 18.2 Å². The van der Waals surface area contributed by atoms with Gasteiger partial charge in [-0.2, -0.15) is 0 Å². The highest BCUT2D eigenvalue weighted by atomic mass is 14.9. The molecular weight excluding hydrogens is 206 g/mol. The van der Waals surface area contributed by atoms with Gasteiger partial charge in [0.05, 0.1) is 0 Å². The van der Waals surface area contributed by atoms with Crippen molar-refractivity contribution in [1.82, 2.24) is 5.32 Å². The van der Waals surface area contributed by atoms with E-state index in [0.29, 0.717) is 0 Å². The van der Waals surface area contributed by atoms with Gasteiger partial charge in [0.2, 0.25) is 0 Å². The summed E-state index contributed by atoms with van der Waals surface area (Å²) < 4.78 is 0. The van der Waals surface area contributed by atoms with Gasteiger partial charge in [0.25, 0.3) is 0 Å². The van der Waals surface area contributed by atoms with Gasteiger partial charge >= 0.3 is 0 Å². The molecule has 1 atom stereocenters. The Bertz CT molecular complexity index is 349. The van der Waals surface area contributed by atoms with E-state index >= 15 is 0 Å². The van der Waals surface area contributed by atoms with Gasteiger partial charge in [-0.05, 0) is 62.8 Å². The minimum atomic E-state index is 0.749. The van der Waals surface area contributed by atoms with Crippen LogP contribution in [0.4, 0.5) is 0 Å². The second-order valence-electron chi connectivity index (χ2n) is 5.46. The summed E-state index contributed by atoms with van der Waals surface area (Å²) >= 11 is 0. The molecule has 0 aliphatic carbocycles. The second kappa shape index (κ2) is 6.20. The first kappa shape index (κ1) is 12.6. The zero-order valence-corrected chi connectivity index (χ0v) is 11.3. The smallest absolute Gasteiger partial charge is 0.00702 e. The average molecular weight is 231 g/mol. The molecule has 2 rings (SSSR count). The Morgan fingerprint density at radius 2 is 2.00 bits per heavy atom. The van der Waals surface area contributed by atoms with Crippen LogP contribution in [0.1, 0.15) is 48.8 Å². The van der Waals surface area contributed by atoms with Gasteiger partial charge in [0.1, 0.15) is 0 Å². The van der Waals surface area contributed by atoms with Crippen molar-refractivity contribution in [1.29, 1.82) is 0 Å². The van der Waals surface area contributed by atoms with Gasteiger partial charge in [-0.15, -0.1) is 0 Å². The van der Waals surface area contributed by atoms with E-state index in [1.807, 2.05) is 0 Å². The lowest BCUT2D eigenvalue weighted by Crippen LogP contribution is -2.28. The van der Waals surface area contributed by atoms with E-state index in [0.717, 1.165) is 6.04 Å². The molecule has 1 heterocycles. The fourth-order valence-electron chi connectivity index (χ4n) is 2.65. The van der Waals surface area contributed by atoms with Crippen LogP contribution < -0.4 is 5.32 Å². The number of hydrogen-bond acceptors (Lipinski definition) is 1. The van der Waals surface area contributed by atoms with Crippen molar-refractivity contribution in [3.05, 3.63) is 34.9 Å². The minimum absolute atomic E-state index is 0.749. The second-order valence-corrected chi connectivity index (χ2v) is 5.46. The molecule has 0 spiro atoms. The molecule has 1 saturated heterocycles. The third-order valence-corrected chi connectivity index (χ3v) is 4.02. The van der Waals surface area contributed by atoms with Gasteiger partial charge in [0, 0.05) is 6.04 Å². The Kier molecular flexibility index (Phi) is 4.61. The minimum Gasteiger partial charge on any atom is -0.314 e. The monoisotopic (exact) mass is 231 g/mol.